The molecule has 0 spiro atoms. The zero-order chi connectivity index (χ0) is 17.8. The lowest BCUT2D eigenvalue weighted by Gasteiger charge is -2.18. The van der Waals surface area contributed by atoms with Crippen LogP contribution in [0.1, 0.15) is 18.1 Å². The first kappa shape index (κ1) is 16.9. The van der Waals surface area contributed by atoms with Crippen molar-refractivity contribution in [2.24, 2.45) is 12.9 Å². The maximum atomic E-state index is 12.3. The minimum absolute atomic E-state index is 0.216. The highest BCUT2D eigenvalue weighted by Gasteiger charge is 2.15. The summed E-state index contributed by atoms with van der Waals surface area (Å²) in [7, 11) is 1.67. The summed E-state index contributed by atoms with van der Waals surface area (Å²) < 4.78 is 1.45. The zero-order valence-corrected chi connectivity index (χ0v) is 14.4. The molecule has 0 radical (unpaired) electrons. The first-order valence-electron chi connectivity index (χ1n) is 8.19. The van der Waals surface area contributed by atoms with Crippen molar-refractivity contribution in [1.29, 1.82) is 0 Å². The fourth-order valence-corrected chi connectivity index (χ4v) is 2.71. The molecule has 0 atom stereocenters. The Hall–Kier alpha value is -2.99. The number of aromatic nitrogens is 3. The lowest BCUT2D eigenvalue weighted by Crippen LogP contribution is -2.35. The fourth-order valence-electron chi connectivity index (χ4n) is 2.71. The number of aryl methyl sites for hydroxylation is 1. The number of anilines is 1. The van der Waals surface area contributed by atoms with E-state index in [0.717, 1.165) is 23.1 Å². The van der Waals surface area contributed by atoms with Crippen molar-refractivity contribution in [3.63, 3.8) is 0 Å². The molecule has 25 heavy (non-hydrogen) atoms. The molecule has 1 heterocycles. The summed E-state index contributed by atoms with van der Waals surface area (Å²) in [5, 5.41) is 1.40. The second-order valence-electron chi connectivity index (χ2n) is 5.81. The lowest BCUT2D eigenvalue weighted by molar-refractivity contribution is 0.735. The maximum absolute atomic E-state index is 12.3. The number of hydrogen-bond donors (Lipinski definition) is 1. The van der Waals surface area contributed by atoms with Crippen LogP contribution in [0.5, 0.6) is 0 Å². The van der Waals surface area contributed by atoms with E-state index in [-0.39, 0.29) is 11.6 Å². The minimum Gasteiger partial charge on any atom is -0.279 e. The molecule has 0 bridgehead atoms. The fraction of sp³-hybridized carbons (Fsp3) is 0.211. The van der Waals surface area contributed by atoms with Crippen LogP contribution in [0.4, 0.5) is 5.95 Å². The summed E-state index contributed by atoms with van der Waals surface area (Å²) in [6.45, 7) is 2.49. The van der Waals surface area contributed by atoms with E-state index in [9.17, 15) is 4.79 Å². The molecule has 2 N–H and O–H groups in total. The van der Waals surface area contributed by atoms with Crippen molar-refractivity contribution >= 4 is 5.95 Å². The Morgan fingerprint density at radius 1 is 1.04 bits per heavy atom. The van der Waals surface area contributed by atoms with Gasteiger partial charge in [0.05, 0.1) is 6.54 Å². The molecule has 0 aliphatic heterocycles. The quantitative estimate of drug-likeness (QED) is 0.572. The zero-order valence-electron chi connectivity index (χ0n) is 14.4. The highest BCUT2D eigenvalue weighted by Crippen LogP contribution is 2.22. The van der Waals surface area contributed by atoms with Crippen LogP contribution in [-0.4, -0.2) is 14.5 Å². The molecule has 3 rings (SSSR count). The van der Waals surface area contributed by atoms with Crippen molar-refractivity contribution in [1.82, 2.24) is 14.5 Å². The molecule has 0 fully saturated rings. The standard InChI is InChI=1S/C19H21N5O/c1-3-15-11-7-8-12-16(15)17-21-18(22-19(25)23(17)2)24(20)13-14-9-5-4-6-10-14/h4-12H,3,13,20H2,1-2H3. The number of hydrogen-bond acceptors (Lipinski definition) is 5. The molecular formula is C19H21N5O. The van der Waals surface area contributed by atoms with Gasteiger partial charge in [-0.1, -0.05) is 61.5 Å². The SMILES string of the molecule is CCc1ccccc1-c1nc(N(N)Cc2ccccc2)nc(=O)n1C. The third-order valence-corrected chi connectivity index (χ3v) is 4.10. The number of hydrazine groups is 1. The van der Waals surface area contributed by atoms with Crippen LogP contribution in [0, 0.1) is 0 Å². The maximum Gasteiger partial charge on any atom is 0.352 e. The van der Waals surface area contributed by atoms with E-state index in [0.29, 0.717) is 12.4 Å². The smallest absolute Gasteiger partial charge is 0.279 e. The van der Waals surface area contributed by atoms with E-state index in [4.69, 9.17) is 5.84 Å². The Bertz CT molecular complexity index is 921. The van der Waals surface area contributed by atoms with Gasteiger partial charge in [0.15, 0.2) is 0 Å². The van der Waals surface area contributed by atoms with Gasteiger partial charge in [0.25, 0.3) is 0 Å². The van der Waals surface area contributed by atoms with Crippen LogP contribution in [0.2, 0.25) is 0 Å². The Kier molecular flexibility index (Phi) is 4.90. The molecular weight excluding hydrogens is 314 g/mol. The summed E-state index contributed by atoms with van der Waals surface area (Å²) in [5.41, 5.74) is 2.68. The van der Waals surface area contributed by atoms with Crippen molar-refractivity contribution in [2.45, 2.75) is 19.9 Å². The predicted octanol–water partition coefficient (Wildman–Crippen LogP) is 2.29. The summed E-state index contributed by atoms with van der Waals surface area (Å²) in [4.78, 5) is 20.9. The largest absolute Gasteiger partial charge is 0.352 e. The Labute approximate surface area is 146 Å². The van der Waals surface area contributed by atoms with E-state index >= 15 is 0 Å². The molecule has 0 amide bonds. The van der Waals surface area contributed by atoms with Crippen molar-refractivity contribution in [2.75, 3.05) is 5.01 Å². The van der Waals surface area contributed by atoms with E-state index in [1.54, 1.807) is 7.05 Å². The average molecular weight is 335 g/mol. The molecule has 0 saturated carbocycles. The van der Waals surface area contributed by atoms with Gasteiger partial charge in [0, 0.05) is 12.6 Å². The third kappa shape index (κ3) is 3.59. The van der Waals surface area contributed by atoms with Crippen molar-refractivity contribution in [3.05, 3.63) is 76.2 Å². The normalized spacial score (nSPS) is 10.7. The van der Waals surface area contributed by atoms with Gasteiger partial charge < -0.3 is 0 Å². The van der Waals surface area contributed by atoms with Crippen LogP contribution in [0.15, 0.2) is 59.4 Å². The molecule has 0 aliphatic carbocycles. The number of benzene rings is 2. The lowest BCUT2D eigenvalue weighted by atomic mass is 10.0. The summed E-state index contributed by atoms with van der Waals surface area (Å²) in [6, 6.07) is 17.7. The Morgan fingerprint density at radius 2 is 1.72 bits per heavy atom. The molecule has 0 saturated heterocycles. The summed E-state index contributed by atoms with van der Waals surface area (Å²) in [6.07, 6.45) is 0.847. The number of rotatable bonds is 5. The van der Waals surface area contributed by atoms with Crippen LogP contribution in [-0.2, 0) is 20.0 Å². The monoisotopic (exact) mass is 335 g/mol. The first-order valence-corrected chi connectivity index (χ1v) is 8.19. The average Bonchev–Trinajstić information content (AvgIpc) is 2.64. The third-order valence-electron chi connectivity index (χ3n) is 4.10. The highest BCUT2D eigenvalue weighted by molar-refractivity contribution is 5.61. The van der Waals surface area contributed by atoms with Crippen LogP contribution >= 0.6 is 0 Å². The van der Waals surface area contributed by atoms with E-state index in [1.807, 2.05) is 54.6 Å². The van der Waals surface area contributed by atoms with Gasteiger partial charge >= 0.3 is 5.69 Å². The molecule has 0 aliphatic rings. The van der Waals surface area contributed by atoms with Gasteiger partial charge in [-0.2, -0.15) is 9.97 Å². The van der Waals surface area contributed by atoms with Gasteiger partial charge in [-0.05, 0) is 17.5 Å². The molecule has 6 heteroatoms. The van der Waals surface area contributed by atoms with Crippen LogP contribution < -0.4 is 16.5 Å². The second-order valence-corrected chi connectivity index (χ2v) is 5.81. The van der Waals surface area contributed by atoms with Gasteiger partial charge in [-0.3, -0.25) is 9.58 Å². The molecule has 0 unspecified atom stereocenters. The van der Waals surface area contributed by atoms with Crippen LogP contribution in [0.25, 0.3) is 11.4 Å². The summed E-state index contributed by atoms with van der Waals surface area (Å²) >= 11 is 0. The van der Waals surface area contributed by atoms with Crippen LogP contribution in [0.3, 0.4) is 0 Å². The molecule has 1 aromatic heterocycles. The number of nitrogens with zero attached hydrogens (tertiary/aromatic N) is 4. The molecule has 6 nitrogen and oxygen atoms in total. The van der Waals surface area contributed by atoms with Crippen molar-refractivity contribution < 1.29 is 0 Å². The second kappa shape index (κ2) is 7.27. The molecule has 2 aromatic carbocycles. The van der Waals surface area contributed by atoms with E-state index < -0.39 is 0 Å². The van der Waals surface area contributed by atoms with E-state index in [2.05, 4.69) is 16.9 Å². The van der Waals surface area contributed by atoms with Gasteiger partial charge in [0.1, 0.15) is 5.82 Å². The minimum atomic E-state index is -0.380. The first-order chi connectivity index (χ1) is 12.1. The van der Waals surface area contributed by atoms with E-state index in [1.165, 1.54) is 9.58 Å². The van der Waals surface area contributed by atoms with Gasteiger partial charge in [0.2, 0.25) is 5.95 Å². The topological polar surface area (TPSA) is 77.0 Å². The molecule has 3 aromatic rings. The predicted molar refractivity (Wildman–Crippen MR) is 98.9 cm³/mol. The Morgan fingerprint density at radius 3 is 2.44 bits per heavy atom. The summed E-state index contributed by atoms with van der Waals surface area (Å²) in [5.74, 6) is 6.91. The van der Waals surface area contributed by atoms with Gasteiger partial charge in [-0.15, -0.1) is 0 Å². The highest BCUT2D eigenvalue weighted by atomic mass is 16.1. The number of nitrogens with two attached hydrogens (primary N) is 1. The van der Waals surface area contributed by atoms with Crippen molar-refractivity contribution in [3.8, 4) is 11.4 Å². The molecule has 128 valence electrons. The Balaban J connectivity index is 2.02. The van der Waals surface area contributed by atoms with Gasteiger partial charge in [-0.25, -0.2) is 10.6 Å².